The number of carbonyl (C=O) groups is 1. The maximum absolute atomic E-state index is 13.1. The molecule has 5 nitrogen and oxygen atoms in total. The Hall–Kier alpha value is -2.23. The molecule has 1 aromatic carbocycles. The van der Waals surface area contributed by atoms with Gasteiger partial charge in [-0.15, -0.1) is 0 Å². The topological polar surface area (TPSA) is 64.2 Å². The predicted octanol–water partition coefficient (Wildman–Crippen LogP) is 3.29. The van der Waals surface area contributed by atoms with Gasteiger partial charge in [0.2, 0.25) is 0 Å². The van der Waals surface area contributed by atoms with Crippen LogP contribution in [0.1, 0.15) is 34.6 Å². The molecule has 1 aromatic heterocycles. The number of hydrogen-bond acceptors (Lipinski definition) is 3. The summed E-state index contributed by atoms with van der Waals surface area (Å²) in [6.07, 6.45) is -3.30. The Bertz CT molecular complexity index is 805. The first-order valence-electron chi connectivity index (χ1n) is 7.15. The van der Waals surface area contributed by atoms with Crippen molar-refractivity contribution in [1.29, 1.82) is 0 Å². The van der Waals surface area contributed by atoms with E-state index in [1.165, 1.54) is 15.8 Å². The van der Waals surface area contributed by atoms with Crippen molar-refractivity contribution >= 4 is 30.8 Å². The number of fused-ring (bicyclic) bond motifs is 1. The van der Waals surface area contributed by atoms with E-state index in [1.807, 2.05) is 0 Å². The van der Waals surface area contributed by atoms with E-state index in [4.69, 9.17) is 5.73 Å². The second-order valence-corrected chi connectivity index (χ2v) is 5.63. The van der Waals surface area contributed by atoms with Crippen LogP contribution >= 0.6 is 13.5 Å². The quantitative estimate of drug-likeness (QED) is 0.818. The molecule has 0 unspecified atom stereocenters. The third-order valence-corrected chi connectivity index (χ3v) is 3.99. The molecule has 1 amide bonds. The Morgan fingerprint density at radius 1 is 1.36 bits per heavy atom. The van der Waals surface area contributed by atoms with Crippen molar-refractivity contribution in [3.05, 3.63) is 41.2 Å². The van der Waals surface area contributed by atoms with Gasteiger partial charge in [0.1, 0.15) is 12.4 Å². The lowest BCUT2D eigenvalue weighted by atomic mass is 10.1. The van der Waals surface area contributed by atoms with Crippen molar-refractivity contribution in [2.75, 3.05) is 17.2 Å². The largest absolute Gasteiger partial charge is 0.416 e. The summed E-state index contributed by atoms with van der Waals surface area (Å²) in [5, 5.41) is 4.03. The summed E-state index contributed by atoms with van der Waals surface area (Å²) in [7, 11) is 0. The van der Waals surface area contributed by atoms with Crippen LogP contribution in [-0.2, 0) is 12.9 Å². The van der Waals surface area contributed by atoms with Gasteiger partial charge < -0.3 is 10.6 Å². The first kappa shape index (κ1) is 19.1. The number of amides is 1. The van der Waals surface area contributed by atoms with Crippen molar-refractivity contribution in [1.82, 2.24) is 9.78 Å². The highest BCUT2D eigenvalue weighted by Gasteiger charge is 2.36. The van der Waals surface area contributed by atoms with Gasteiger partial charge in [-0.1, -0.05) is 0 Å². The minimum absolute atomic E-state index is 0. The van der Waals surface area contributed by atoms with Crippen LogP contribution in [0.4, 0.5) is 28.9 Å². The fraction of sp³-hybridized carbons (Fsp3) is 0.333. The van der Waals surface area contributed by atoms with Crippen LogP contribution in [-0.4, -0.2) is 22.2 Å². The molecule has 1 atom stereocenters. The summed E-state index contributed by atoms with van der Waals surface area (Å²) in [6, 6.07) is 2.79. The lowest BCUT2D eigenvalue weighted by Crippen LogP contribution is -2.43. The lowest BCUT2D eigenvalue weighted by Gasteiger charge is -2.32. The number of nitrogen functional groups attached to an aromatic ring is 1. The average molecular weight is 376 g/mol. The second kappa shape index (κ2) is 6.58. The average Bonchev–Trinajstić information content (AvgIpc) is 2.92. The predicted molar refractivity (Wildman–Crippen MR) is 89.7 cm³/mol. The zero-order chi connectivity index (χ0) is 17.6. The van der Waals surface area contributed by atoms with E-state index < -0.39 is 29.9 Å². The SMILES string of the molecule is C[C@H]1CN(c2ccc(C(F)(F)F)c(CF)c2)C(=O)c2c(N)cnn21.S. The third kappa shape index (κ3) is 3.17. The highest BCUT2D eigenvalue weighted by Crippen LogP contribution is 2.36. The number of anilines is 2. The Morgan fingerprint density at radius 2 is 2.04 bits per heavy atom. The molecular formula is C15H16F4N4OS. The molecule has 10 heteroatoms. The second-order valence-electron chi connectivity index (χ2n) is 5.63. The van der Waals surface area contributed by atoms with E-state index >= 15 is 0 Å². The molecule has 2 heterocycles. The first-order chi connectivity index (χ1) is 11.2. The van der Waals surface area contributed by atoms with Crippen LogP contribution in [0.5, 0.6) is 0 Å². The molecule has 0 saturated heterocycles. The minimum Gasteiger partial charge on any atom is -0.396 e. The molecular weight excluding hydrogens is 360 g/mol. The molecule has 1 aliphatic heterocycles. The van der Waals surface area contributed by atoms with E-state index in [0.717, 1.165) is 18.2 Å². The van der Waals surface area contributed by atoms with Gasteiger partial charge in [-0.2, -0.15) is 31.8 Å². The molecule has 0 radical (unpaired) electrons. The standard InChI is InChI=1S/C15H14F4N4O.H2S/c1-8-7-22(14(24)13-12(20)6-21-23(8)13)10-2-3-11(15(17,18)19)9(4-10)5-16;/h2-4,6,8H,5,7,20H2,1H3;1H2/t8-;/m0./s1. The lowest BCUT2D eigenvalue weighted by molar-refractivity contribution is -0.138. The van der Waals surface area contributed by atoms with Crippen LogP contribution in [0, 0.1) is 0 Å². The summed E-state index contributed by atoms with van der Waals surface area (Å²) in [6.45, 7) is 0.722. The number of aromatic nitrogens is 2. The first-order valence-corrected chi connectivity index (χ1v) is 7.15. The summed E-state index contributed by atoms with van der Waals surface area (Å²) in [5.41, 5.74) is 4.76. The molecule has 3 rings (SSSR count). The maximum atomic E-state index is 13.1. The van der Waals surface area contributed by atoms with E-state index in [0.29, 0.717) is 0 Å². The highest BCUT2D eigenvalue weighted by molar-refractivity contribution is 7.59. The van der Waals surface area contributed by atoms with Crippen molar-refractivity contribution in [2.45, 2.75) is 25.8 Å². The van der Waals surface area contributed by atoms with Gasteiger partial charge in [-0.05, 0) is 30.7 Å². The van der Waals surface area contributed by atoms with Gasteiger partial charge in [0.25, 0.3) is 5.91 Å². The van der Waals surface area contributed by atoms with Crippen molar-refractivity contribution < 1.29 is 22.4 Å². The number of halogens is 4. The third-order valence-electron chi connectivity index (χ3n) is 3.99. The number of carbonyl (C=O) groups excluding carboxylic acids is 1. The molecule has 25 heavy (non-hydrogen) atoms. The highest BCUT2D eigenvalue weighted by atomic mass is 32.1. The molecule has 136 valence electrons. The Balaban J connectivity index is 0.00000225. The van der Waals surface area contributed by atoms with Gasteiger partial charge in [-0.25, -0.2) is 4.39 Å². The van der Waals surface area contributed by atoms with Crippen LogP contribution in [0.3, 0.4) is 0 Å². The number of alkyl halides is 4. The van der Waals surface area contributed by atoms with E-state index in [9.17, 15) is 22.4 Å². The van der Waals surface area contributed by atoms with Crippen LogP contribution in [0.15, 0.2) is 24.4 Å². The molecule has 0 saturated carbocycles. The summed E-state index contributed by atoms with van der Waals surface area (Å²) in [5.74, 6) is -0.479. The molecule has 0 aliphatic carbocycles. The summed E-state index contributed by atoms with van der Waals surface area (Å²) in [4.78, 5) is 13.9. The van der Waals surface area contributed by atoms with E-state index in [-0.39, 0.29) is 43.2 Å². The van der Waals surface area contributed by atoms with E-state index in [2.05, 4.69) is 5.10 Å². The molecule has 0 fully saturated rings. The number of hydrogen-bond donors (Lipinski definition) is 1. The molecule has 0 bridgehead atoms. The monoisotopic (exact) mass is 376 g/mol. The molecule has 1 aliphatic rings. The Labute approximate surface area is 147 Å². The fourth-order valence-electron chi connectivity index (χ4n) is 2.84. The van der Waals surface area contributed by atoms with Gasteiger partial charge in [0, 0.05) is 12.2 Å². The number of rotatable bonds is 2. The van der Waals surface area contributed by atoms with Crippen molar-refractivity contribution in [2.24, 2.45) is 0 Å². The molecule has 2 N–H and O–H groups in total. The van der Waals surface area contributed by atoms with Gasteiger partial charge in [0.15, 0.2) is 0 Å². The zero-order valence-electron chi connectivity index (χ0n) is 13.1. The number of benzene rings is 1. The molecule has 0 spiro atoms. The van der Waals surface area contributed by atoms with E-state index in [1.54, 1.807) is 6.92 Å². The summed E-state index contributed by atoms with van der Waals surface area (Å²) >= 11 is 0. The number of nitrogens with zero attached hydrogens (tertiary/aromatic N) is 3. The van der Waals surface area contributed by atoms with Gasteiger partial charge >= 0.3 is 6.18 Å². The van der Waals surface area contributed by atoms with Crippen LogP contribution < -0.4 is 10.6 Å². The van der Waals surface area contributed by atoms with Crippen molar-refractivity contribution in [3.8, 4) is 0 Å². The summed E-state index contributed by atoms with van der Waals surface area (Å²) < 4.78 is 53.2. The Kier molecular flexibility index (Phi) is 5.03. The van der Waals surface area contributed by atoms with Gasteiger partial charge in [0.05, 0.1) is 23.5 Å². The zero-order valence-corrected chi connectivity index (χ0v) is 14.1. The minimum atomic E-state index is -4.65. The van der Waals surface area contributed by atoms with Crippen molar-refractivity contribution in [3.63, 3.8) is 0 Å². The molecule has 2 aromatic rings. The Morgan fingerprint density at radius 3 is 2.64 bits per heavy atom. The number of nitrogens with two attached hydrogens (primary N) is 1. The fourth-order valence-corrected chi connectivity index (χ4v) is 2.84. The maximum Gasteiger partial charge on any atom is 0.416 e. The van der Waals surface area contributed by atoms with Gasteiger partial charge in [-0.3, -0.25) is 9.48 Å². The van der Waals surface area contributed by atoms with Crippen LogP contribution in [0.25, 0.3) is 0 Å². The normalized spacial score (nSPS) is 17.2. The smallest absolute Gasteiger partial charge is 0.396 e. The van der Waals surface area contributed by atoms with Crippen LogP contribution in [0.2, 0.25) is 0 Å².